The van der Waals surface area contributed by atoms with Crippen molar-refractivity contribution in [3.63, 3.8) is 0 Å². The van der Waals surface area contributed by atoms with E-state index in [1.165, 1.54) is 0 Å². The molecule has 2 nitrogen and oxygen atoms in total. The number of alkyl halides is 10. The van der Waals surface area contributed by atoms with Gasteiger partial charge < -0.3 is 4.74 Å². The Morgan fingerprint density at radius 1 is 0.885 bits per heavy atom. The normalized spacial score (nSPS) is 20.8. The summed E-state index contributed by atoms with van der Waals surface area (Å²) >= 11 is -1.09. The Morgan fingerprint density at radius 2 is 1.35 bits per heavy atom. The number of ether oxygens (including phenoxy) is 1. The molecule has 1 rings (SSSR count). The van der Waals surface area contributed by atoms with Crippen molar-refractivity contribution >= 4 is 17.7 Å². The van der Waals surface area contributed by atoms with Crippen LogP contribution in [0.25, 0.3) is 0 Å². The number of carbonyl (C=O) groups is 1. The number of halogens is 10. The molecule has 0 N–H and O–H groups in total. The average molecular weight is 424 g/mol. The van der Waals surface area contributed by atoms with Gasteiger partial charge in [0.15, 0.2) is 4.75 Å². The minimum absolute atomic E-state index is 0.162. The fourth-order valence-corrected chi connectivity index (χ4v) is 3.63. The van der Waals surface area contributed by atoms with Crippen LogP contribution in [0.1, 0.15) is 32.6 Å². The van der Waals surface area contributed by atoms with Gasteiger partial charge >= 0.3 is 30.2 Å². The largest absolute Gasteiger partial charge is 0.465 e. The molecule has 0 spiro atoms. The third kappa shape index (κ3) is 3.72. The van der Waals surface area contributed by atoms with Crippen molar-refractivity contribution in [3.8, 4) is 0 Å². The SMILES string of the molecule is CCCCCCOC(=O)C1SC1(C(F)(F)C(F)(F)F)C(F)(F)C(F)(F)F. The Hall–Kier alpha value is -0.880. The first-order valence-electron chi connectivity index (χ1n) is 7.31. The first-order valence-corrected chi connectivity index (χ1v) is 8.19. The molecule has 1 unspecified atom stereocenters. The van der Waals surface area contributed by atoms with E-state index in [-0.39, 0.29) is 6.42 Å². The molecule has 0 aliphatic carbocycles. The van der Waals surface area contributed by atoms with Crippen molar-refractivity contribution < 1.29 is 53.4 Å². The van der Waals surface area contributed by atoms with Crippen LogP contribution in [0.15, 0.2) is 0 Å². The van der Waals surface area contributed by atoms with Gasteiger partial charge in [0.05, 0.1) is 6.61 Å². The first kappa shape index (κ1) is 23.2. The molecule has 1 heterocycles. The molecule has 1 aliphatic heterocycles. The number of unbranched alkanes of at least 4 members (excludes halogenated alkanes) is 3. The quantitative estimate of drug-likeness (QED) is 0.227. The number of hydrogen-bond acceptors (Lipinski definition) is 3. The van der Waals surface area contributed by atoms with Gasteiger partial charge in [0, 0.05) is 0 Å². The second kappa shape index (κ2) is 7.27. The van der Waals surface area contributed by atoms with Gasteiger partial charge in [-0.15, -0.1) is 11.8 Å². The molecule has 154 valence electrons. The van der Waals surface area contributed by atoms with Crippen molar-refractivity contribution in [1.29, 1.82) is 0 Å². The van der Waals surface area contributed by atoms with Gasteiger partial charge in [0.25, 0.3) is 0 Å². The third-order valence-electron chi connectivity index (χ3n) is 3.72. The molecule has 1 aliphatic rings. The van der Waals surface area contributed by atoms with E-state index >= 15 is 0 Å². The van der Waals surface area contributed by atoms with Gasteiger partial charge in [-0.3, -0.25) is 4.79 Å². The highest BCUT2D eigenvalue weighted by atomic mass is 32.2. The van der Waals surface area contributed by atoms with Crippen LogP contribution in [-0.2, 0) is 9.53 Å². The number of rotatable bonds is 8. The number of carbonyl (C=O) groups excluding carboxylic acids is 1. The van der Waals surface area contributed by atoms with E-state index < -0.39 is 58.5 Å². The summed E-state index contributed by atoms with van der Waals surface area (Å²) in [6.45, 7) is 1.33. The van der Waals surface area contributed by atoms with E-state index in [1.54, 1.807) is 0 Å². The van der Waals surface area contributed by atoms with Crippen molar-refractivity contribution in [2.45, 2.75) is 66.8 Å². The molecule has 0 aromatic carbocycles. The predicted molar refractivity (Wildman–Crippen MR) is 71.2 cm³/mol. The molecular weight excluding hydrogens is 410 g/mol. The lowest BCUT2D eigenvalue weighted by molar-refractivity contribution is -0.353. The molecular formula is C13H14F10O2S. The van der Waals surface area contributed by atoms with Crippen molar-refractivity contribution in [2.24, 2.45) is 0 Å². The summed E-state index contributed by atoms with van der Waals surface area (Å²) in [6.07, 6.45) is -11.3. The van der Waals surface area contributed by atoms with Gasteiger partial charge in [-0.1, -0.05) is 26.2 Å². The van der Waals surface area contributed by atoms with E-state index in [0.29, 0.717) is 12.8 Å². The maximum absolute atomic E-state index is 13.6. The Morgan fingerprint density at radius 3 is 1.73 bits per heavy atom. The van der Waals surface area contributed by atoms with E-state index in [1.807, 2.05) is 6.92 Å². The minimum Gasteiger partial charge on any atom is -0.465 e. The van der Waals surface area contributed by atoms with E-state index in [4.69, 9.17) is 0 Å². The Bertz CT molecular complexity index is 488. The lowest BCUT2D eigenvalue weighted by atomic mass is 9.89. The maximum Gasteiger partial charge on any atom is 0.455 e. The van der Waals surface area contributed by atoms with E-state index in [2.05, 4.69) is 4.74 Å². The summed E-state index contributed by atoms with van der Waals surface area (Å²) in [5, 5.41) is -3.00. The van der Waals surface area contributed by atoms with E-state index in [9.17, 15) is 48.7 Å². The molecule has 26 heavy (non-hydrogen) atoms. The molecule has 0 radical (unpaired) electrons. The molecule has 13 heteroatoms. The van der Waals surface area contributed by atoms with Gasteiger partial charge in [-0.2, -0.15) is 43.9 Å². The van der Waals surface area contributed by atoms with Crippen molar-refractivity contribution in [3.05, 3.63) is 0 Å². The zero-order chi connectivity index (χ0) is 20.6. The summed E-state index contributed by atoms with van der Waals surface area (Å²) in [7, 11) is 0. The molecule has 1 saturated heterocycles. The Balaban J connectivity index is 3.08. The summed E-state index contributed by atoms with van der Waals surface area (Å²) in [4.78, 5) is 11.6. The van der Waals surface area contributed by atoms with Crippen LogP contribution in [0.4, 0.5) is 43.9 Å². The van der Waals surface area contributed by atoms with Crippen LogP contribution in [0.5, 0.6) is 0 Å². The standard InChI is InChI=1S/C13H14F10O2S/c1-2-3-4-5-6-25-8(24)7-9(26-7,10(14,15)12(18,19)20)11(16,17)13(21,22)23/h7H,2-6H2,1H3. The zero-order valence-corrected chi connectivity index (χ0v) is 13.9. The zero-order valence-electron chi connectivity index (χ0n) is 13.1. The van der Waals surface area contributed by atoms with Crippen molar-refractivity contribution in [1.82, 2.24) is 0 Å². The molecule has 0 bridgehead atoms. The fourth-order valence-electron chi connectivity index (χ4n) is 2.24. The maximum atomic E-state index is 13.6. The van der Waals surface area contributed by atoms with Gasteiger partial charge in [0.2, 0.25) is 0 Å². The average Bonchev–Trinajstić information content (AvgIpc) is 3.22. The summed E-state index contributed by atoms with van der Waals surface area (Å²) < 4.78 is 129. The number of esters is 1. The topological polar surface area (TPSA) is 26.3 Å². The van der Waals surface area contributed by atoms with Gasteiger partial charge in [-0.05, 0) is 6.42 Å². The predicted octanol–water partition coefficient (Wildman–Crippen LogP) is 5.36. The van der Waals surface area contributed by atoms with Crippen LogP contribution >= 0.6 is 11.8 Å². The smallest absolute Gasteiger partial charge is 0.455 e. The summed E-state index contributed by atoms with van der Waals surface area (Å²) in [5.74, 6) is -14.9. The van der Waals surface area contributed by atoms with Crippen LogP contribution in [0, 0.1) is 0 Å². The molecule has 0 aromatic heterocycles. The highest BCUT2D eigenvalue weighted by molar-refractivity contribution is 8.09. The Labute approximate surface area is 145 Å². The minimum atomic E-state index is -6.72. The van der Waals surface area contributed by atoms with Gasteiger partial charge in [-0.25, -0.2) is 0 Å². The highest BCUT2D eigenvalue weighted by Crippen LogP contribution is 2.74. The molecule has 0 aromatic rings. The summed E-state index contributed by atoms with van der Waals surface area (Å²) in [6, 6.07) is 0. The van der Waals surface area contributed by atoms with Crippen LogP contribution < -0.4 is 0 Å². The molecule has 0 amide bonds. The van der Waals surface area contributed by atoms with E-state index in [0.717, 1.165) is 6.42 Å². The monoisotopic (exact) mass is 424 g/mol. The molecule has 1 atom stereocenters. The molecule has 0 saturated carbocycles. The first-order chi connectivity index (χ1) is 11.6. The second-order valence-electron chi connectivity index (χ2n) is 5.61. The molecule has 1 fully saturated rings. The second-order valence-corrected chi connectivity index (χ2v) is 6.96. The van der Waals surface area contributed by atoms with Crippen molar-refractivity contribution in [2.75, 3.05) is 6.61 Å². The van der Waals surface area contributed by atoms with Gasteiger partial charge in [0.1, 0.15) is 5.25 Å². The lowest BCUT2D eigenvalue weighted by Gasteiger charge is -2.34. The highest BCUT2D eigenvalue weighted by Gasteiger charge is 2.95. The third-order valence-corrected chi connectivity index (χ3v) is 5.36. The van der Waals surface area contributed by atoms with Crippen LogP contribution in [0.3, 0.4) is 0 Å². The fraction of sp³-hybridized carbons (Fsp3) is 0.923. The summed E-state index contributed by atoms with van der Waals surface area (Å²) in [5.41, 5.74) is 0. The number of hydrogen-bond donors (Lipinski definition) is 0. The lowest BCUT2D eigenvalue weighted by Crippen LogP contribution is -2.64. The van der Waals surface area contributed by atoms with Crippen LogP contribution in [0.2, 0.25) is 0 Å². The number of thioether (sulfide) groups is 1. The van der Waals surface area contributed by atoms with Crippen LogP contribution in [-0.4, -0.2) is 46.8 Å². The Kier molecular flexibility index (Phi) is 6.47.